The van der Waals surface area contributed by atoms with E-state index in [9.17, 15) is 4.79 Å². The Labute approximate surface area is 192 Å². The molecule has 178 valence electrons. The average Bonchev–Trinajstić information content (AvgIpc) is 2.84. The van der Waals surface area contributed by atoms with Crippen molar-refractivity contribution in [3.8, 4) is 0 Å². The number of piperidine rings is 1. The molecular weight excluding hydrogens is 406 g/mol. The van der Waals surface area contributed by atoms with Gasteiger partial charge in [-0.05, 0) is 50.8 Å². The fourth-order valence-corrected chi connectivity index (χ4v) is 4.92. The predicted octanol–water partition coefficient (Wildman–Crippen LogP) is 2.45. The minimum absolute atomic E-state index is 0.0756. The lowest BCUT2D eigenvalue weighted by Gasteiger charge is -2.42. The summed E-state index contributed by atoms with van der Waals surface area (Å²) in [5.74, 6) is 0.761. The van der Waals surface area contributed by atoms with Crippen LogP contribution in [0.25, 0.3) is 0 Å². The highest BCUT2D eigenvalue weighted by atomic mass is 16.5. The lowest BCUT2D eigenvalue weighted by molar-refractivity contribution is -0.00674. The highest BCUT2D eigenvalue weighted by Crippen LogP contribution is 2.32. The van der Waals surface area contributed by atoms with Gasteiger partial charge in [0.1, 0.15) is 5.69 Å². The summed E-state index contributed by atoms with van der Waals surface area (Å²) in [5.41, 5.74) is 1.44. The zero-order chi connectivity index (χ0) is 22.4. The molecule has 1 amide bonds. The normalized spacial score (nSPS) is 22.2. The Hall–Kier alpha value is -1.77. The summed E-state index contributed by atoms with van der Waals surface area (Å²) in [7, 11) is 0. The number of likely N-dealkylation sites (tertiary alicyclic amines) is 1. The quantitative estimate of drug-likeness (QED) is 0.690. The molecule has 3 fully saturated rings. The number of hydrogen-bond donors (Lipinski definition) is 1. The Morgan fingerprint density at radius 1 is 1.03 bits per heavy atom. The summed E-state index contributed by atoms with van der Waals surface area (Å²) in [6.45, 7) is 12.6. The van der Waals surface area contributed by atoms with Crippen molar-refractivity contribution in [3.63, 3.8) is 0 Å². The summed E-state index contributed by atoms with van der Waals surface area (Å²) in [5, 5.41) is 3.24. The number of rotatable bonds is 7. The van der Waals surface area contributed by atoms with E-state index in [-0.39, 0.29) is 17.2 Å². The lowest BCUT2D eigenvalue weighted by Crippen LogP contribution is -2.49. The third-order valence-electron chi connectivity index (χ3n) is 7.04. The van der Waals surface area contributed by atoms with Crippen LogP contribution in [0.1, 0.15) is 68.1 Å². The maximum Gasteiger partial charge on any atom is 0.270 e. The van der Waals surface area contributed by atoms with Gasteiger partial charge in [-0.15, -0.1) is 0 Å². The van der Waals surface area contributed by atoms with E-state index >= 15 is 0 Å². The maximum atomic E-state index is 13.2. The molecule has 0 spiro atoms. The number of carbonyl (C=O) groups excluding carboxylic acids is 1. The molecule has 0 aliphatic carbocycles. The third-order valence-corrected chi connectivity index (χ3v) is 7.04. The topological polar surface area (TPSA) is 79.8 Å². The molecule has 4 rings (SSSR count). The van der Waals surface area contributed by atoms with E-state index in [1.807, 2.05) is 6.07 Å². The number of nitrogens with zero attached hydrogens (tertiary/aromatic N) is 4. The fraction of sp³-hybridized carbons (Fsp3) is 0.792. The summed E-state index contributed by atoms with van der Waals surface area (Å²) in [6.07, 6.45) is 5.87. The molecule has 1 aromatic heterocycles. The van der Waals surface area contributed by atoms with Crippen LogP contribution in [-0.4, -0.2) is 86.5 Å². The molecule has 3 aliphatic heterocycles. The van der Waals surface area contributed by atoms with Gasteiger partial charge in [0.25, 0.3) is 5.91 Å². The van der Waals surface area contributed by atoms with Crippen molar-refractivity contribution < 1.29 is 14.3 Å². The molecule has 0 aromatic carbocycles. The van der Waals surface area contributed by atoms with Crippen molar-refractivity contribution in [2.45, 2.75) is 51.9 Å². The molecule has 3 aliphatic rings. The average molecular weight is 446 g/mol. The van der Waals surface area contributed by atoms with E-state index in [1.54, 1.807) is 0 Å². The SMILES string of the molecule is CC(C)c1cc(C(=O)NCC2(CN3CCCCC3)CCOCC2)nc(N2CCOCC2)n1. The summed E-state index contributed by atoms with van der Waals surface area (Å²) >= 11 is 0. The highest BCUT2D eigenvalue weighted by molar-refractivity contribution is 5.92. The second-order valence-corrected chi connectivity index (χ2v) is 9.86. The van der Waals surface area contributed by atoms with Gasteiger partial charge in [-0.25, -0.2) is 9.97 Å². The Balaban J connectivity index is 1.47. The molecule has 0 unspecified atom stereocenters. The van der Waals surface area contributed by atoms with Crippen molar-refractivity contribution in [1.82, 2.24) is 20.2 Å². The van der Waals surface area contributed by atoms with E-state index in [0.717, 1.165) is 51.4 Å². The molecule has 1 N–H and O–H groups in total. The minimum Gasteiger partial charge on any atom is -0.381 e. The first-order valence-electron chi connectivity index (χ1n) is 12.3. The standard InChI is InChI=1S/C24H39N5O3/c1-19(2)20-16-21(27-23(26-20)29-10-14-32-15-11-29)22(30)25-17-24(6-12-31-13-7-24)18-28-8-4-3-5-9-28/h16,19H,3-15,17-18H2,1-2H3,(H,25,30). The van der Waals surface area contributed by atoms with Crippen molar-refractivity contribution in [1.29, 1.82) is 0 Å². The van der Waals surface area contributed by atoms with E-state index in [2.05, 4.69) is 33.9 Å². The van der Waals surface area contributed by atoms with Gasteiger partial charge in [-0.2, -0.15) is 0 Å². The first kappa shape index (κ1) is 23.4. The van der Waals surface area contributed by atoms with Crippen LogP contribution in [0.3, 0.4) is 0 Å². The second-order valence-electron chi connectivity index (χ2n) is 9.86. The molecule has 8 nitrogen and oxygen atoms in total. The van der Waals surface area contributed by atoms with Crippen LogP contribution in [0, 0.1) is 5.41 Å². The van der Waals surface area contributed by atoms with Crippen LogP contribution in [0.5, 0.6) is 0 Å². The molecule has 0 bridgehead atoms. The van der Waals surface area contributed by atoms with E-state index in [1.165, 1.54) is 32.4 Å². The molecule has 32 heavy (non-hydrogen) atoms. The zero-order valence-electron chi connectivity index (χ0n) is 19.8. The van der Waals surface area contributed by atoms with Crippen molar-refractivity contribution in [2.75, 3.05) is 70.6 Å². The van der Waals surface area contributed by atoms with Crippen molar-refractivity contribution >= 4 is 11.9 Å². The Morgan fingerprint density at radius 3 is 2.41 bits per heavy atom. The fourth-order valence-electron chi connectivity index (χ4n) is 4.92. The minimum atomic E-state index is -0.103. The number of anilines is 1. The predicted molar refractivity (Wildman–Crippen MR) is 124 cm³/mol. The third kappa shape index (κ3) is 5.97. The van der Waals surface area contributed by atoms with Gasteiger partial charge in [0.05, 0.1) is 13.2 Å². The van der Waals surface area contributed by atoms with Gasteiger partial charge >= 0.3 is 0 Å². The number of morpholine rings is 1. The second kappa shape index (κ2) is 10.9. The molecule has 0 saturated carbocycles. The van der Waals surface area contributed by atoms with Crippen LogP contribution >= 0.6 is 0 Å². The number of amides is 1. The molecule has 4 heterocycles. The van der Waals surface area contributed by atoms with Gasteiger partial charge in [0.15, 0.2) is 0 Å². The van der Waals surface area contributed by atoms with Gasteiger partial charge < -0.3 is 24.6 Å². The van der Waals surface area contributed by atoms with Gasteiger partial charge in [0.2, 0.25) is 5.95 Å². The van der Waals surface area contributed by atoms with Crippen molar-refractivity contribution in [3.05, 3.63) is 17.5 Å². The summed E-state index contributed by atoms with van der Waals surface area (Å²) in [4.78, 5) is 27.3. The number of ether oxygens (including phenoxy) is 2. The molecule has 8 heteroatoms. The van der Waals surface area contributed by atoms with Crippen LogP contribution < -0.4 is 10.2 Å². The van der Waals surface area contributed by atoms with E-state index < -0.39 is 0 Å². The van der Waals surface area contributed by atoms with E-state index in [4.69, 9.17) is 14.5 Å². The molecular formula is C24H39N5O3. The monoisotopic (exact) mass is 445 g/mol. The molecule has 3 saturated heterocycles. The Bertz CT molecular complexity index is 754. The molecule has 0 atom stereocenters. The highest BCUT2D eigenvalue weighted by Gasteiger charge is 2.35. The number of carbonyl (C=O) groups is 1. The first-order chi connectivity index (χ1) is 15.5. The smallest absolute Gasteiger partial charge is 0.270 e. The van der Waals surface area contributed by atoms with Gasteiger partial charge in [0, 0.05) is 50.5 Å². The largest absolute Gasteiger partial charge is 0.381 e. The Kier molecular flexibility index (Phi) is 7.97. The van der Waals surface area contributed by atoms with Crippen LogP contribution in [0.15, 0.2) is 6.07 Å². The van der Waals surface area contributed by atoms with Gasteiger partial charge in [-0.1, -0.05) is 20.3 Å². The van der Waals surface area contributed by atoms with E-state index in [0.29, 0.717) is 31.4 Å². The summed E-state index contributed by atoms with van der Waals surface area (Å²) < 4.78 is 11.1. The maximum absolute atomic E-state index is 13.2. The van der Waals surface area contributed by atoms with Gasteiger partial charge in [-0.3, -0.25) is 4.79 Å². The number of nitrogens with one attached hydrogen (secondary N) is 1. The van der Waals surface area contributed by atoms with Crippen molar-refractivity contribution in [2.24, 2.45) is 5.41 Å². The van der Waals surface area contributed by atoms with Crippen LogP contribution in [0.2, 0.25) is 0 Å². The Morgan fingerprint density at radius 2 is 1.72 bits per heavy atom. The number of aromatic nitrogens is 2. The zero-order valence-corrected chi connectivity index (χ0v) is 19.8. The first-order valence-corrected chi connectivity index (χ1v) is 12.3. The molecule has 0 radical (unpaired) electrons. The number of hydrogen-bond acceptors (Lipinski definition) is 7. The lowest BCUT2D eigenvalue weighted by atomic mass is 9.79. The molecule has 1 aromatic rings. The van der Waals surface area contributed by atoms with Crippen LogP contribution in [0.4, 0.5) is 5.95 Å². The van der Waals surface area contributed by atoms with Crippen LogP contribution in [-0.2, 0) is 9.47 Å². The summed E-state index contributed by atoms with van der Waals surface area (Å²) in [6, 6.07) is 1.85.